The number of carbonyl (C=O) groups is 1. The molecule has 0 aliphatic rings. The van der Waals surface area contributed by atoms with Crippen molar-refractivity contribution in [2.45, 2.75) is 25.9 Å². The highest BCUT2D eigenvalue weighted by molar-refractivity contribution is 7.99. The zero-order valence-electron chi connectivity index (χ0n) is 15.7. The van der Waals surface area contributed by atoms with Crippen LogP contribution in [0.5, 0.6) is 5.75 Å². The topological polar surface area (TPSA) is 81.4 Å². The van der Waals surface area contributed by atoms with Gasteiger partial charge < -0.3 is 10.1 Å². The maximum atomic E-state index is 12.3. The average molecular weight is 414 g/mol. The fraction of sp³-hybridized carbons (Fsp3) is 0.263. The summed E-state index contributed by atoms with van der Waals surface area (Å²) in [5.41, 5.74) is 2.68. The number of nitrogens with zero attached hydrogens (tertiary/aromatic N) is 4. The monoisotopic (exact) mass is 413 g/mol. The summed E-state index contributed by atoms with van der Waals surface area (Å²) in [4.78, 5) is 19.0. The van der Waals surface area contributed by atoms with Crippen molar-refractivity contribution in [2.24, 2.45) is 0 Å². The summed E-state index contributed by atoms with van der Waals surface area (Å²) in [6.45, 7) is 6.69. The molecule has 0 saturated carbocycles. The third kappa shape index (κ3) is 3.55. The molecule has 9 heteroatoms. The van der Waals surface area contributed by atoms with Crippen molar-refractivity contribution >= 4 is 50.6 Å². The SMILES string of the molecule is CCOc1ccc(NC(=O)CSc2nnc3c4c(C)c(C)sc4ncn23)cc1. The second-order valence-electron chi connectivity index (χ2n) is 6.18. The van der Waals surface area contributed by atoms with Gasteiger partial charge in [-0.3, -0.25) is 9.20 Å². The highest BCUT2D eigenvalue weighted by atomic mass is 32.2. The Kier molecular flexibility index (Phi) is 5.19. The molecule has 7 nitrogen and oxygen atoms in total. The number of thioether (sulfide) groups is 1. The zero-order valence-corrected chi connectivity index (χ0v) is 17.4. The summed E-state index contributed by atoms with van der Waals surface area (Å²) < 4.78 is 7.25. The second-order valence-corrected chi connectivity index (χ2v) is 8.32. The van der Waals surface area contributed by atoms with Gasteiger partial charge in [0.2, 0.25) is 5.91 Å². The van der Waals surface area contributed by atoms with E-state index in [2.05, 4.69) is 34.3 Å². The van der Waals surface area contributed by atoms with Crippen LogP contribution in [0.25, 0.3) is 15.9 Å². The molecule has 1 aromatic carbocycles. The number of nitrogens with one attached hydrogen (secondary N) is 1. The van der Waals surface area contributed by atoms with Crippen LogP contribution in [-0.4, -0.2) is 37.8 Å². The second kappa shape index (κ2) is 7.76. The number of carbonyl (C=O) groups excluding carboxylic acids is 1. The third-order valence-electron chi connectivity index (χ3n) is 4.33. The van der Waals surface area contributed by atoms with E-state index in [0.29, 0.717) is 11.8 Å². The minimum Gasteiger partial charge on any atom is -0.494 e. The summed E-state index contributed by atoms with van der Waals surface area (Å²) in [5, 5.41) is 13.1. The fourth-order valence-electron chi connectivity index (χ4n) is 2.85. The molecule has 0 bridgehead atoms. The van der Waals surface area contributed by atoms with Gasteiger partial charge in [-0.15, -0.1) is 21.5 Å². The van der Waals surface area contributed by atoms with E-state index in [0.717, 1.165) is 27.3 Å². The number of hydrogen-bond acceptors (Lipinski definition) is 7. The number of ether oxygens (including phenoxy) is 1. The number of aromatic nitrogens is 4. The predicted octanol–water partition coefficient (Wildman–Crippen LogP) is 4.09. The molecule has 0 saturated heterocycles. The van der Waals surface area contributed by atoms with Crippen LogP contribution >= 0.6 is 23.1 Å². The third-order valence-corrected chi connectivity index (χ3v) is 6.39. The first-order valence-electron chi connectivity index (χ1n) is 8.81. The predicted molar refractivity (Wildman–Crippen MR) is 113 cm³/mol. The zero-order chi connectivity index (χ0) is 19.7. The van der Waals surface area contributed by atoms with Crippen molar-refractivity contribution in [3.05, 3.63) is 41.0 Å². The molecule has 0 spiro atoms. The normalized spacial score (nSPS) is 11.2. The number of hydrogen-bond donors (Lipinski definition) is 1. The largest absolute Gasteiger partial charge is 0.494 e. The molecule has 0 radical (unpaired) electrons. The van der Waals surface area contributed by atoms with E-state index < -0.39 is 0 Å². The maximum Gasteiger partial charge on any atom is 0.234 e. The van der Waals surface area contributed by atoms with Gasteiger partial charge in [-0.2, -0.15) is 0 Å². The molecule has 4 aromatic rings. The van der Waals surface area contributed by atoms with E-state index in [4.69, 9.17) is 4.74 Å². The van der Waals surface area contributed by atoms with Gasteiger partial charge in [0.05, 0.1) is 17.7 Å². The molecule has 28 heavy (non-hydrogen) atoms. The summed E-state index contributed by atoms with van der Waals surface area (Å²) in [6.07, 6.45) is 1.72. The molecule has 3 aromatic heterocycles. The highest BCUT2D eigenvalue weighted by Gasteiger charge is 2.16. The van der Waals surface area contributed by atoms with Crippen LogP contribution in [0, 0.1) is 13.8 Å². The first kappa shape index (κ1) is 18.7. The number of rotatable bonds is 6. The Morgan fingerprint density at radius 1 is 1.25 bits per heavy atom. The van der Waals surface area contributed by atoms with Crippen molar-refractivity contribution in [3.63, 3.8) is 0 Å². The van der Waals surface area contributed by atoms with Gasteiger partial charge >= 0.3 is 0 Å². The fourth-order valence-corrected chi connectivity index (χ4v) is 4.55. The molecular formula is C19H19N5O2S2. The van der Waals surface area contributed by atoms with E-state index in [1.165, 1.54) is 22.2 Å². The van der Waals surface area contributed by atoms with E-state index in [9.17, 15) is 4.79 Å². The molecule has 0 aliphatic heterocycles. The van der Waals surface area contributed by atoms with Gasteiger partial charge in [0, 0.05) is 10.6 Å². The molecule has 0 fully saturated rings. The van der Waals surface area contributed by atoms with Crippen LogP contribution in [0.4, 0.5) is 5.69 Å². The van der Waals surface area contributed by atoms with E-state index in [1.54, 1.807) is 17.7 Å². The molecular weight excluding hydrogens is 394 g/mol. The maximum absolute atomic E-state index is 12.3. The van der Waals surface area contributed by atoms with Gasteiger partial charge in [0.25, 0.3) is 0 Å². The van der Waals surface area contributed by atoms with Gasteiger partial charge in [0.15, 0.2) is 10.8 Å². The average Bonchev–Trinajstić information content (AvgIpc) is 3.22. The Bertz CT molecular complexity index is 1150. The standard InChI is InChI=1S/C19H19N5O2S2/c1-4-26-14-7-5-13(6-8-14)21-15(25)9-27-19-23-22-17-16-11(2)12(3)28-18(16)20-10-24(17)19/h5-8,10H,4,9H2,1-3H3,(H,21,25). The van der Waals surface area contributed by atoms with Crippen LogP contribution < -0.4 is 10.1 Å². The van der Waals surface area contributed by atoms with Gasteiger partial charge in [0.1, 0.15) is 16.9 Å². The molecule has 4 rings (SSSR count). The smallest absolute Gasteiger partial charge is 0.234 e. The lowest BCUT2D eigenvalue weighted by molar-refractivity contribution is -0.113. The quantitative estimate of drug-likeness (QED) is 0.480. The molecule has 0 unspecified atom stereocenters. The lowest BCUT2D eigenvalue weighted by atomic mass is 10.2. The van der Waals surface area contributed by atoms with Crippen molar-refractivity contribution < 1.29 is 9.53 Å². The number of thiophene rings is 1. The highest BCUT2D eigenvalue weighted by Crippen LogP contribution is 2.32. The molecule has 0 aliphatic carbocycles. The van der Waals surface area contributed by atoms with Gasteiger partial charge in [-0.1, -0.05) is 11.8 Å². The Labute approximate surface area is 170 Å². The molecule has 1 amide bonds. The van der Waals surface area contributed by atoms with Crippen molar-refractivity contribution in [2.75, 3.05) is 17.7 Å². The van der Waals surface area contributed by atoms with E-state index in [1.807, 2.05) is 35.6 Å². The van der Waals surface area contributed by atoms with Crippen LogP contribution in [0.2, 0.25) is 0 Å². The minimum absolute atomic E-state index is 0.109. The number of anilines is 1. The van der Waals surface area contributed by atoms with E-state index in [-0.39, 0.29) is 11.7 Å². The molecule has 3 heterocycles. The number of fused-ring (bicyclic) bond motifs is 3. The molecule has 0 atom stereocenters. The van der Waals surface area contributed by atoms with E-state index >= 15 is 0 Å². The van der Waals surface area contributed by atoms with Crippen LogP contribution in [0.1, 0.15) is 17.4 Å². The Morgan fingerprint density at radius 3 is 2.79 bits per heavy atom. The van der Waals surface area contributed by atoms with Gasteiger partial charge in [-0.05, 0) is 50.6 Å². The van der Waals surface area contributed by atoms with Crippen LogP contribution in [0.3, 0.4) is 0 Å². The minimum atomic E-state index is -0.109. The summed E-state index contributed by atoms with van der Waals surface area (Å²) in [5.74, 6) is 0.901. The number of benzene rings is 1. The number of amides is 1. The Morgan fingerprint density at radius 2 is 2.04 bits per heavy atom. The first-order chi connectivity index (χ1) is 13.6. The van der Waals surface area contributed by atoms with Gasteiger partial charge in [-0.25, -0.2) is 4.98 Å². The molecule has 144 valence electrons. The number of aryl methyl sites for hydroxylation is 2. The van der Waals surface area contributed by atoms with Crippen LogP contribution in [0.15, 0.2) is 35.7 Å². The van der Waals surface area contributed by atoms with Crippen molar-refractivity contribution in [3.8, 4) is 5.75 Å². The molecule has 1 N–H and O–H groups in total. The summed E-state index contributed by atoms with van der Waals surface area (Å²) >= 11 is 2.99. The summed E-state index contributed by atoms with van der Waals surface area (Å²) in [7, 11) is 0. The van der Waals surface area contributed by atoms with Crippen LogP contribution in [-0.2, 0) is 4.79 Å². The lowest BCUT2D eigenvalue weighted by Crippen LogP contribution is -2.14. The Hall–Kier alpha value is -2.65. The van der Waals surface area contributed by atoms with Crippen molar-refractivity contribution in [1.29, 1.82) is 0 Å². The Balaban J connectivity index is 1.46. The summed E-state index contributed by atoms with van der Waals surface area (Å²) in [6, 6.07) is 7.31. The first-order valence-corrected chi connectivity index (χ1v) is 10.6. The van der Waals surface area contributed by atoms with Crippen molar-refractivity contribution in [1.82, 2.24) is 19.6 Å². The lowest BCUT2D eigenvalue weighted by Gasteiger charge is -2.06.